The van der Waals surface area contributed by atoms with Crippen molar-refractivity contribution < 1.29 is 17.3 Å². The van der Waals surface area contributed by atoms with Crippen LogP contribution in [0.4, 0.5) is 0 Å². The number of ether oxygens (including phenoxy) is 1. The molecule has 0 radical (unpaired) electrons. The maximum atomic E-state index is 12.4. The minimum atomic E-state index is -3.99. The summed E-state index contributed by atoms with van der Waals surface area (Å²) < 4.78 is 37.0. The van der Waals surface area contributed by atoms with E-state index in [0.717, 1.165) is 0 Å². The lowest BCUT2D eigenvalue weighted by Crippen LogP contribution is -2.10. The standard InChI is InChI=1S/C14H11BrN4O4S/c1-22-14-6-5-12(8-13(14)15)24(20,21)23-11-4-2-3-10(7-11)19-9-16-17-18-19/h2-9H,1H3. The second kappa shape index (κ2) is 6.57. The first-order valence-electron chi connectivity index (χ1n) is 6.61. The number of aromatic nitrogens is 4. The molecule has 3 aromatic rings. The first kappa shape index (κ1) is 16.4. The van der Waals surface area contributed by atoms with Crippen LogP contribution >= 0.6 is 15.9 Å². The number of halogens is 1. The van der Waals surface area contributed by atoms with Crippen LogP contribution in [-0.4, -0.2) is 35.7 Å². The number of methoxy groups -OCH3 is 1. The van der Waals surface area contributed by atoms with Gasteiger partial charge >= 0.3 is 10.1 Å². The highest BCUT2D eigenvalue weighted by molar-refractivity contribution is 9.10. The van der Waals surface area contributed by atoms with Gasteiger partial charge in [-0.05, 0) is 56.7 Å². The van der Waals surface area contributed by atoms with E-state index in [-0.39, 0.29) is 10.6 Å². The summed E-state index contributed by atoms with van der Waals surface area (Å²) in [7, 11) is -2.50. The Kier molecular flexibility index (Phi) is 4.49. The van der Waals surface area contributed by atoms with E-state index in [9.17, 15) is 8.42 Å². The smallest absolute Gasteiger partial charge is 0.339 e. The average Bonchev–Trinajstić information content (AvgIpc) is 3.09. The van der Waals surface area contributed by atoms with Crippen molar-refractivity contribution >= 4 is 26.0 Å². The minimum absolute atomic E-state index is 0.00278. The van der Waals surface area contributed by atoms with Crippen molar-refractivity contribution in [2.75, 3.05) is 7.11 Å². The molecule has 3 rings (SSSR count). The van der Waals surface area contributed by atoms with E-state index in [1.807, 2.05) is 0 Å². The summed E-state index contributed by atoms with van der Waals surface area (Å²) in [5, 5.41) is 10.8. The lowest BCUT2D eigenvalue weighted by Gasteiger charge is -2.10. The average molecular weight is 411 g/mol. The molecule has 2 aromatic carbocycles. The summed E-state index contributed by atoms with van der Waals surface area (Å²) in [6.07, 6.45) is 1.40. The van der Waals surface area contributed by atoms with E-state index in [0.29, 0.717) is 15.9 Å². The van der Waals surface area contributed by atoms with Gasteiger partial charge in [-0.3, -0.25) is 0 Å². The molecule has 1 aromatic heterocycles. The van der Waals surface area contributed by atoms with Gasteiger partial charge in [0.1, 0.15) is 22.7 Å². The summed E-state index contributed by atoms with van der Waals surface area (Å²) in [5.41, 5.74) is 0.573. The van der Waals surface area contributed by atoms with Gasteiger partial charge in [0.25, 0.3) is 0 Å². The number of tetrazole rings is 1. The van der Waals surface area contributed by atoms with Gasteiger partial charge in [0.05, 0.1) is 17.3 Å². The van der Waals surface area contributed by atoms with Gasteiger partial charge in [0.15, 0.2) is 0 Å². The molecule has 0 unspecified atom stereocenters. The first-order chi connectivity index (χ1) is 11.5. The van der Waals surface area contributed by atoms with Crippen LogP contribution in [0.3, 0.4) is 0 Å². The Morgan fingerprint density at radius 1 is 1.17 bits per heavy atom. The Labute approximate surface area is 146 Å². The number of hydrogen-bond donors (Lipinski definition) is 0. The molecule has 0 aliphatic rings. The van der Waals surface area contributed by atoms with Crippen LogP contribution in [-0.2, 0) is 10.1 Å². The van der Waals surface area contributed by atoms with Gasteiger partial charge in [0.2, 0.25) is 0 Å². The van der Waals surface area contributed by atoms with Gasteiger partial charge in [0, 0.05) is 6.07 Å². The summed E-state index contributed by atoms with van der Waals surface area (Å²) in [6.45, 7) is 0. The van der Waals surface area contributed by atoms with Crippen molar-refractivity contribution in [3.63, 3.8) is 0 Å². The predicted octanol–water partition coefficient (Wildman–Crippen LogP) is 2.20. The fourth-order valence-corrected chi connectivity index (χ4v) is 3.58. The van der Waals surface area contributed by atoms with E-state index in [2.05, 4.69) is 31.5 Å². The molecular weight excluding hydrogens is 400 g/mol. The topological polar surface area (TPSA) is 96.2 Å². The summed E-state index contributed by atoms with van der Waals surface area (Å²) in [6, 6.07) is 10.8. The summed E-state index contributed by atoms with van der Waals surface area (Å²) in [5.74, 6) is 0.671. The van der Waals surface area contributed by atoms with Crippen LogP contribution in [0.15, 0.2) is 58.2 Å². The lowest BCUT2D eigenvalue weighted by atomic mass is 10.3. The zero-order valence-electron chi connectivity index (χ0n) is 12.3. The van der Waals surface area contributed by atoms with E-state index in [4.69, 9.17) is 8.92 Å². The highest BCUT2D eigenvalue weighted by Gasteiger charge is 2.18. The lowest BCUT2D eigenvalue weighted by molar-refractivity contribution is 0.411. The fourth-order valence-electron chi connectivity index (χ4n) is 1.93. The van der Waals surface area contributed by atoms with Crippen molar-refractivity contribution in [2.24, 2.45) is 0 Å². The molecule has 0 spiro atoms. The highest BCUT2D eigenvalue weighted by atomic mass is 79.9. The molecule has 124 valence electrons. The van der Waals surface area contributed by atoms with Gasteiger partial charge in [-0.1, -0.05) is 6.07 Å². The van der Waals surface area contributed by atoms with Gasteiger partial charge in [-0.25, -0.2) is 4.68 Å². The van der Waals surface area contributed by atoms with Crippen LogP contribution in [0.2, 0.25) is 0 Å². The number of benzene rings is 2. The SMILES string of the molecule is COc1ccc(S(=O)(=O)Oc2cccc(-n3cnnn3)c2)cc1Br. The molecule has 0 fully saturated rings. The second-order valence-corrected chi connectivity index (χ2v) is 6.99. The Bertz CT molecular complexity index is 961. The van der Waals surface area contributed by atoms with Crippen molar-refractivity contribution in [2.45, 2.75) is 4.90 Å². The van der Waals surface area contributed by atoms with E-state index < -0.39 is 10.1 Å². The molecule has 0 aliphatic heterocycles. The van der Waals surface area contributed by atoms with Gasteiger partial charge in [-0.2, -0.15) is 8.42 Å². The third-order valence-corrected chi connectivity index (χ3v) is 4.91. The number of rotatable bonds is 5. The molecule has 24 heavy (non-hydrogen) atoms. The van der Waals surface area contributed by atoms with Crippen LogP contribution in [0.1, 0.15) is 0 Å². The Morgan fingerprint density at radius 3 is 2.67 bits per heavy atom. The predicted molar refractivity (Wildman–Crippen MR) is 87.7 cm³/mol. The normalized spacial score (nSPS) is 11.2. The molecule has 0 aliphatic carbocycles. The molecular formula is C14H11BrN4O4S. The monoisotopic (exact) mass is 410 g/mol. The Hall–Kier alpha value is -2.46. The third-order valence-electron chi connectivity index (χ3n) is 3.05. The summed E-state index contributed by atoms with van der Waals surface area (Å²) >= 11 is 3.25. The minimum Gasteiger partial charge on any atom is -0.496 e. The fraction of sp³-hybridized carbons (Fsp3) is 0.0714. The van der Waals surface area contributed by atoms with Crippen LogP contribution < -0.4 is 8.92 Å². The molecule has 0 bridgehead atoms. The molecule has 0 amide bonds. The van der Waals surface area contributed by atoms with Gasteiger partial charge in [-0.15, -0.1) is 5.10 Å². The molecule has 0 N–H and O–H groups in total. The quantitative estimate of drug-likeness (QED) is 0.594. The molecule has 8 nitrogen and oxygen atoms in total. The molecule has 1 heterocycles. The van der Waals surface area contributed by atoms with E-state index in [1.165, 1.54) is 48.5 Å². The maximum absolute atomic E-state index is 12.4. The van der Waals surface area contributed by atoms with Gasteiger partial charge < -0.3 is 8.92 Å². The number of hydrogen-bond acceptors (Lipinski definition) is 7. The zero-order valence-corrected chi connectivity index (χ0v) is 14.7. The van der Waals surface area contributed by atoms with Crippen LogP contribution in [0, 0.1) is 0 Å². The molecule has 10 heteroatoms. The molecule has 0 atom stereocenters. The Morgan fingerprint density at radius 2 is 2.00 bits per heavy atom. The highest BCUT2D eigenvalue weighted by Crippen LogP contribution is 2.29. The largest absolute Gasteiger partial charge is 0.496 e. The maximum Gasteiger partial charge on any atom is 0.339 e. The van der Waals surface area contributed by atoms with Crippen molar-refractivity contribution in [3.05, 3.63) is 53.3 Å². The zero-order chi connectivity index (χ0) is 17.2. The molecule has 0 saturated heterocycles. The second-order valence-electron chi connectivity index (χ2n) is 4.59. The third kappa shape index (κ3) is 3.39. The van der Waals surface area contributed by atoms with Crippen LogP contribution in [0.5, 0.6) is 11.5 Å². The van der Waals surface area contributed by atoms with Crippen molar-refractivity contribution in [3.8, 4) is 17.2 Å². The van der Waals surface area contributed by atoms with Crippen LogP contribution in [0.25, 0.3) is 5.69 Å². The summed E-state index contributed by atoms with van der Waals surface area (Å²) in [4.78, 5) is 0.00278. The number of nitrogens with zero attached hydrogens (tertiary/aromatic N) is 4. The van der Waals surface area contributed by atoms with E-state index in [1.54, 1.807) is 12.1 Å². The van der Waals surface area contributed by atoms with Crippen molar-refractivity contribution in [1.29, 1.82) is 0 Å². The van der Waals surface area contributed by atoms with Crippen molar-refractivity contribution in [1.82, 2.24) is 20.2 Å². The molecule has 0 saturated carbocycles. The first-order valence-corrected chi connectivity index (χ1v) is 8.81. The Balaban J connectivity index is 1.90. The van der Waals surface area contributed by atoms with E-state index >= 15 is 0 Å².